The van der Waals surface area contributed by atoms with Crippen LogP contribution in [0, 0.1) is 0 Å². The van der Waals surface area contributed by atoms with E-state index in [1.165, 1.54) is 6.92 Å². The molecule has 0 N–H and O–H groups in total. The van der Waals surface area contributed by atoms with E-state index >= 15 is 0 Å². The van der Waals surface area contributed by atoms with Crippen LogP contribution in [0.5, 0.6) is 0 Å². The Hall–Kier alpha value is -1.11. The fourth-order valence-corrected chi connectivity index (χ4v) is 1.62. The fourth-order valence-electron chi connectivity index (χ4n) is 0.900. The quantitative estimate of drug-likeness (QED) is 0.514. The van der Waals surface area contributed by atoms with E-state index in [4.69, 9.17) is 0 Å². The molecular formula is C7H8FNO4S. The first kappa shape index (κ1) is 11.0. The van der Waals surface area contributed by atoms with Crippen molar-refractivity contribution in [3.05, 3.63) is 0 Å². The molecule has 2 amide bonds. The van der Waals surface area contributed by atoms with Crippen LogP contribution in [0.15, 0.2) is 0 Å². The van der Waals surface area contributed by atoms with Crippen molar-refractivity contribution in [2.45, 2.75) is 13.2 Å². The Bertz CT molecular complexity index is 267. The van der Waals surface area contributed by atoms with Gasteiger partial charge < -0.3 is 4.74 Å². The van der Waals surface area contributed by atoms with Crippen LogP contribution in [0.2, 0.25) is 0 Å². The Morgan fingerprint density at radius 3 is 2.79 bits per heavy atom. The summed E-state index contributed by atoms with van der Waals surface area (Å²) in [5.41, 5.74) is 0. The molecule has 7 heteroatoms. The monoisotopic (exact) mass is 221 g/mol. The standard InChI is InChI=1S/C7H8FNO4S/c1-2-13-6(11)5(8)9-4(10)3-14-7(9)12/h5H,2-3H2,1H3. The summed E-state index contributed by atoms with van der Waals surface area (Å²) in [5.74, 6) is -2.05. The Kier molecular flexibility index (Phi) is 3.45. The second kappa shape index (κ2) is 4.41. The summed E-state index contributed by atoms with van der Waals surface area (Å²) in [7, 11) is 0. The number of rotatable bonds is 3. The van der Waals surface area contributed by atoms with Crippen molar-refractivity contribution in [3.63, 3.8) is 0 Å². The van der Waals surface area contributed by atoms with Crippen molar-refractivity contribution < 1.29 is 23.5 Å². The first-order valence-corrected chi connectivity index (χ1v) is 4.86. The molecule has 1 aliphatic heterocycles. The number of carbonyl (C=O) groups excluding carboxylic acids is 3. The lowest BCUT2D eigenvalue weighted by molar-refractivity contribution is -0.158. The van der Waals surface area contributed by atoms with Crippen LogP contribution in [0.25, 0.3) is 0 Å². The lowest BCUT2D eigenvalue weighted by Gasteiger charge is -2.15. The zero-order valence-electron chi connectivity index (χ0n) is 7.36. The molecule has 0 spiro atoms. The molecule has 0 aromatic carbocycles. The van der Waals surface area contributed by atoms with Crippen molar-refractivity contribution in [1.82, 2.24) is 4.90 Å². The van der Waals surface area contributed by atoms with Crippen molar-refractivity contribution in [2.75, 3.05) is 12.4 Å². The Morgan fingerprint density at radius 1 is 1.71 bits per heavy atom. The van der Waals surface area contributed by atoms with E-state index in [0.717, 1.165) is 0 Å². The maximum atomic E-state index is 13.2. The van der Waals surface area contributed by atoms with Crippen LogP contribution < -0.4 is 0 Å². The van der Waals surface area contributed by atoms with E-state index in [0.29, 0.717) is 11.8 Å². The lowest BCUT2D eigenvalue weighted by Crippen LogP contribution is -2.42. The highest BCUT2D eigenvalue weighted by Crippen LogP contribution is 2.22. The first-order chi connectivity index (χ1) is 6.57. The second-order valence-corrected chi connectivity index (χ2v) is 3.33. The molecule has 1 aliphatic rings. The molecule has 1 rings (SSSR count). The number of amides is 2. The number of hydrogen-bond donors (Lipinski definition) is 0. The van der Waals surface area contributed by atoms with Crippen LogP contribution >= 0.6 is 11.8 Å². The average molecular weight is 221 g/mol. The van der Waals surface area contributed by atoms with Crippen LogP contribution in [0.1, 0.15) is 6.92 Å². The minimum atomic E-state index is -2.31. The fraction of sp³-hybridized carbons (Fsp3) is 0.571. The largest absolute Gasteiger partial charge is 0.462 e. The van der Waals surface area contributed by atoms with Gasteiger partial charge in [-0.25, -0.2) is 14.1 Å². The predicted molar refractivity (Wildman–Crippen MR) is 46.2 cm³/mol. The maximum Gasteiger partial charge on any atom is 0.362 e. The van der Waals surface area contributed by atoms with Gasteiger partial charge in [0.2, 0.25) is 5.91 Å². The van der Waals surface area contributed by atoms with Gasteiger partial charge >= 0.3 is 5.97 Å². The van der Waals surface area contributed by atoms with Crippen LogP contribution in [0.3, 0.4) is 0 Å². The topological polar surface area (TPSA) is 63.7 Å². The molecule has 0 bridgehead atoms. The molecule has 1 fully saturated rings. The van der Waals surface area contributed by atoms with Crippen molar-refractivity contribution >= 4 is 28.9 Å². The van der Waals surface area contributed by atoms with Crippen LogP contribution in [-0.2, 0) is 14.3 Å². The molecule has 0 aromatic heterocycles. The average Bonchev–Trinajstić information content (AvgIpc) is 2.46. The predicted octanol–water partition coefficient (Wildman–Crippen LogP) is 0.540. The van der Waals surface area contributed by atoms with Crippen LogP contribution in [0.4, 0.5) is 9.18 Å². The zero-order chi connectivity index (χ0) is 10.7. The highest BCUT2D eigenvalue weighted by atomic mass is 32.2. The summed E-state index contributed by atoms with van der Waals surface area (Å²) in [4.78, 5) is 33.1. The van der Waals surface area contributed by atoms with Gasteiger partial charge in [0.1, 0.15) is 0 Å². The molecule has 78 valence electrons. The number of alkyl halides is 1. The third-order valence-electron chi connectivity index (χ3n) is 1.49. The first-order valence-electron chi connectivity index (χ1n) is 3.87. The second-order valence-electron chi connectivity index (χ2n) is 2.41. The van der Waals surface area contributed by atoms with E-state index in [1.807, 2.05) is 0 Å². The van der Waals surface area contributed by atoms with Gasteiger partial charge in [-0.05, 0) is 6.92 Å². The van der Waals surface area contributed by atoms with E-state index in [-0.39, 0.29) is 17.3 Å². The van der Waals surface area contributed by atoms with Crippen molar-refractivity contribution in [1.29, 1.82) is 0 Å². The Labute approximate surface area is 83.6 Å². The van der Waals surface area contributed by atoms with E-state index in [9.17, 15) is 18.8 Å². The molecule has 1 heterocycles. The van der Waals surface area contributed by atoms with Gasteiger partial charge in [0.05, 0.1) is 12.4 Å². The Morgan fingerprint density at radius 2 is 2.36 bits per heavy atom. The maximum absolute atomic E-state index is 13.2. The number of halogens is 1. The number of thioether (sulfide) groups is 1. The summed E-state index contributed by atoms with van der Waals surface area (Å²) >= 11 is 0.667. The highest BCUT2D eigenvalue weighted by Gasteiger charge is 2.40. The number of ether oxygens (including phenoxy) is 1. The van der Waals surface area contributed by atoms with Crippen molar-refractivity contribution in [2.24, 2.45) is 0 Å². The van der Waals surface area contributed by atoms with Gasteiger partial charge in [-0.2, -0.15) is 0 Å². The number of hydrogen-bond acceptors (Lipinski definition) is 5. The van der Waals surface area contributed by atoms with E-state index in [2.05, 4.69) is 4.74 Å². The van der Waals surface area contributed by atoms with Crippen molar-refractivity contribution in [3.8, 4) is 0 Å². The van der Waals surface area contributed by atoms with Gasteiger partial charge in [-0.15, -0.1) is 0 Å². The summed E-state index contributed by atoms with van der Waals surface area (Å²) < 4.78 is 17.5. The molecular weight excluding hydrogens is 213 g/mol. The summed E-state index contributed by atoms with van der Waals surface area (Å²) in [5, 5.41) is -0.754. The summed E-state index contributed by atoms with van der Waals surface area (Å²) in [6, 6.07) is 0. The SMILES string of the molecule is CCOC(=O)C(F)N1C(=O)CSC1=O. The van der Waals surface area contributed by atoms with Gasteiger partial charge in [-0.3, -0.25) is 9.59 Å². The summed E-state index contributed by atoms with van der Waals surface area (Å²) in [6.07, 6.45) is -2.31. The minimum absolute atomic E-state index is 0.00260. The molecule has 1 saturated heterocycles. The van der Waals surface area contributed by atoms with Gasteiger partial charge in [-0.1, -0.05) is 11.8 Å². The molecule has 1 unspecified atom stereocenters. The van der Waals surface area contributed by atoms with Crippen LogP contribution in [-0.4, -0.2) is 40.7 Å². The van der Waals surface area contributed by atoms with E-state index in [1.54, 1.807) is 0 Å². The molecule has 0 saturated carbocycles. The third-order valence-corrected chi connectivity index (χ3v) is 2.33. The summed E-state index contributed by atoms with van der Waals surface area (Å²) in [6.45, 7) is 1.51. The Balaban J connectivity index is 2.67. The molecule has 0 aliphatic carbocycles. The van der Waals surface area contributed by atoms with E-state index < -0.39 is 23.4 Å². The number of nitrogens with zero attached hydrogens (tertiary/aromatic N) is 1. The van der Waals surface area contributed by atoms with Gasteiger partial charge in [0, 0.05) is 0 Å². The number of imide groups is 1. The molecule has 1 atom stereocenters. The third kappa shape index (κ3) is 2.03. The molecule has 14 heavy (non-hydrogen) atoms. The normalized spacial score (nSPS) is 18.6. The minimum Gasteiger partial charge on any atom is -0.462 e. The highest BCUT2D eigenvalue weighted by molar-refractivity contribution is 8.14. The lowest BCUT2D eigenvalue weighted by atomic mass is 10.5. The molecule has 5 nitrogen and oxygen atoms in total. The zero-order valence-corrected chi connectivity index (χ0v) is 8.17. The number of esters is 1. The van der Waals surface area contributed by atoms with Gasteiger partial charge in [0.15, 0.2) is 0 Å². The van der Waals surface area contributed by atoms with Gasteiger partial charge in [0.25, 0.3) is 11.5 Å². The smallest absolute Gasteiger partial charge is 0.362 e. The molecule has 0 radical (unpaired) electrons. The number of carbonyl (C=O) groups is 3. The molecule has 0 aromatic rings.